The molecule has 0 aromatic heterocycles. The number of benzene rings is 1. The van der Waals surface area contributed by atoms with Crippen molar-refractivity contribution in [1.82, 2.24) is 0 Å². The summed E-state index contributed by atoms with van der Waals surface area (Å²) < 4.78 is 6.77. The molecule has 1 aromatic rings. The molecular weight excluding hydrogens is 371 g/mol. The number of aryl methyl sites for hydroxylation is 1. The average Bonchev–Trinajstić information content (AvgIpc) is 2.47. The van der Waals surface area contributed by atoms with Gasteiger partial charge in [0.15, 0.2) is 0 Å². The van der Waals surface area contributed by atoms with Gasteiger partial charge in [-0.1, -0.05) is 61.9 Å². The number of ether oxygens (including phenoxy) is 1. The van der Waals surface area contributed by atoms with E-state index in [1.807, 2.05) is 0 Å². The van der Waals surface area contributed by atoms with Gasteiger partial charge in [-0.2, -0.15) is 0 Å². The Bertz CT molecular complexity index is 424. The molecule has 0 amide bonds. The lowest BCUT2D eigenvalue weighted by atomic mass is 9.82. The van der Waals surface area contributed by atoms with Crippen LogP contribution in [0.2, 0.25) is 0 Å². The van der Waals surface area contributed by atoms with E-state index < -0.39 is 0 Å². The summed E-state index contributed by atoms with van der Waals surface area (Å²) in [6.07, 6.45) is 9.92. The van der Waals surface area contributed by atoms with E-state index in [0.717, 1.165) is 18.6 Å². The highest BCUT2D eigenvalue weighted by Gasteiger charge is 2.32. The van der Waals surface area contributed by atoms with Crippen LogP contribution in [0.5, 0.6) is 5.75 Å². The van der Waals surface area contributed by atoms with Crippen molar-refractivity contribution >= 4 is 22.6 Å². The summed E-state index contributed by atoms with van der Waals surface area (Å²) in [6.45, 7) is 6.85. The zero-order chi connectivity index (χ0) is 15.3. The summed E-state index contributed by atoms with van der Waals surface area (Å²) in [5.74, 6) is 1.05. The van der Waals surface area contributed by atoms with E-state index >= 15 is 0 Å². The molecule has 0 unspecified atom stereocenters. The first-order valence-electron chi connectivity index (χ1n) is 8.39. The number of hydrogen-bond donors (Lipinski definition) is 0. The Hall–Kier alpha value is -0.250. The first kappa shape index (κ1) is 17.1. The third-order valence-corrected chi connectivity index (χ3v) is 5.21. The fourth-order valence-corrected chi connectivity index (χ4v) is 3.41. The van der Waals surface area contributed by atoms with E-state index in [1.165, 1.54) is 44.1 Å². The highest BCUT2D eigenvalue weighted by Crippen LogP contribution is 2.35. The molecule has 21 heavy (non-hydrogen) atoms. The van der Waals surface area contributed by atoms with E-state index in [4.69, 9.17) is 4.74 Å². The van der Waals surface area contributed by atoms with Crippen LogP contribution >= 0.6 is 22.6 Å². The molecule has 0 bridgehead atoms. The molecular formula is C19H29IO. The number of hydrogen-bond acceptors (Lipinski definition) is 1. The van der Waals surface area contributed by atoms with Crippen LogP contribution in [-0.4, -0.2) is 9.02 Å². The largest absolute Gasteiger partial charge is 0.487 e. The highest BCUT2D eigenvalue weighted by molar-refractivity contribution is 14.1. The lowest BCUT2D eigenvalue weighted by Gasteiger charge is -2.37. The maximum Gasteiger partial charge on any atom is 0.120 e. The predicted octanol–water partition coefficient (Wildman–Crippen LogP) is 6.32. The molecule has 0 N–H and O–H groups in total. The van der Waals surface area contributed by atoms with Gasteiger partial charge in [0.05, 0.1) is 0 Å². The topological polar surface area (TPSA) is 9.23 Å². The summed E-state index contributed by atoms with van der Waals surface area (Å²) in [4.78, 5) is 0. The van der Waals surface area contributed by atoms with Crippen molar-refractivity contribution in [2.75, 3.05) is 0 Å². The summed E-state index contributed by atoms with van der Waals surface area (Å²) in [6, 6.07) is 8.82. The molecule has 0 heterocycles. The van der Waals surface area contributed by atoms with Crippen molar-refractivity contribution in [3.63, 3.8) is 0 Å². The summed E-state index contributed by atoms with van der Waals surface area (Å²) >= 11 is 2.53. The minimum Gasteiger partial charge on any atom is -0.487 e. The van der Waals surface area contributed by atoms with Crippen LogP contribution in [0.3, 0.4) is 0 Å². The Balaban J connectivity index is 1.95. The van der Waals surface area contributed by atoms with Crippen LogP contribution in [0.4, 0.5) is 0 Å². The van der Waals surface area contributed by atoms with Gasteiger partial charge in [-0.3, -0.25) is 0 Å². The predicted molar refractivity (Wildman–Crippen MR) is 99.6 cm³/mol. The smallest absolute Gasteiger partial charge is 0.120 e. The molecule has 2 heteroatoms. The van der Waals surface area contributed by atoms with Crippen LogP contribution in [-0.2, 0) is 6.42 Å². The Kier molecular flexibility index (Phi) is 5.98. The number of alkyl halides is 1. The molecule has 0 aliphatic heterocycles. The van der Waals surface area contributed by atoms with Crippen LogP contribution in [0, 0.1) is 0 Å². The van der Waals surface area contributed by atoms with Gasteiger partial charge in [0.1, 0.15) is 11.4 Å². The summed E-state index contributed by atoms with van der Waals surface area (Å²) in [5.41, 5.74) is 1.52. The van der Waals surface area contributed by atoms with Gasteiger partial charge in [0.25, 0.3) is 0 Å². The Morgan fingerprint density at radius 2 is 1.71 bits per heavy atom. The molecule has 0 atom stereocenters. The zero-order valence-corrected chi connectivity index (χ0v) is 15.9. The Labute approximate surface area is 144 Å². The van der Waals surface area contributed by atoms with Gasteiger partial charge in [-0.15, -0.1) is 0 Å². The van der Waals surface area contributed by atoms with Crippen molar-refractivity contribution in [3.05, 3.63) is 29.8 Å². The second-order valence-corrected chi connectivity index (χ2v) is 9.98. The standard InChI is InChI=1S/C19H29IO/c1-4-19(13-6-5-7-14-19)21-17-10-8-16(9-11-17)12-15-18(2,3)20/h8-11H,4-7,12-15H2,1-3H3. The SMILES string of the molecule is CCC1(Oc2ccc(CCC(C)(C)I)cc2)CCCCC1. The van der Waals surface area contributed by atoms with Gasteiger partial charge >= 0.3 is 0 Å². The van der Waals surface area contributed by atoms with E-state index in [-0.39, 0.29) is 5.60 Å². The lowest BCUT2D eigenvalue weighted by molar-refractivity contribution is 0.0265. The Morgan fingerprint density at radius 1 is 1.10 bits per heavy atom. The number of rotatable bonds is 6. The maximum atomic E-state index is 6.39. The van der Waals surface area contributed by atoms with Gasteiger partial charge < -0.3 is 4.74 Å². The minimum atomic E-state index is 0.101. The third-order valence-electron chi connectivity index (χ3n) is 4.67. The van der Waals surface area contributed by atoms with Crippen molar-refractivity contribution in [2.45, 2.75) is 81.2 Å². The van der Waals surface area contributed by atoms with Crippen molar-refractivity contribution in [3.8, 4) is 5.75 Å². The average molecular weight is 400 g/mol. The van der Waals surface area contributed by atoms with Gasteiger partial charge in [0.2, 0.25) is 0 Å². The summed E-state index contributed by atoms with van der Waals surface area (Å²) in [5, 5.41) is 0. The fourth-order valence-electron chi connectivity index (χ4n) is 3.14. The molecule has 2 rings (SSSR count). The second-order valence-electron chi connectivity index (χ2n) is 7.06. The molecule has 0 radical (unpaired) electrons. The molecule has 0 saturated heterocycles. The quantitative estimate of drug-likeness (QED) is 0.401. The van der Waals surface area contributed by atoms with Crippen molar-refractivity contribution < 1.29 is 4.74 Å². The normalized spacial score (nSPS) is 18.5. The summed E-state index contributed by atoms with van der Waals surface area (Å²) in [7, 11) is 0. The van der Waals surface area contributed by atoms with E-state index in [9.17, 15) is 0 Å². The van der Waals surface area contributed by atoms with Crippen LogP contribution in [0.1, 0.15) is 71.3 Å². The van der Waals surface area contributed by atoms with Gasteiger partial charge in [-0.05, 0) is 62.6 Å². The van der Waals surface area contributed by atoms with Crippen LogP contribution in [0.25, 0.3) is 0 Å². The first-order chi connectivity index (χ1) is 9.92. The Morgan fingerprint density at radius 3 is 2.24 bits per heavy atom. The molecule has 1 aromatic carbocycles. The molecule has 1 aliphatic carbocycles. The fraction of sp³-hybridized carbons (Fsp3) is 0.684. The monoisotopic (exact) mass is 400 g/mol. The molecule has 1 nitrogen and oxygen atoms in total. The minimum absolute atomic E-state index is 0.101. The third kappa shape index (κ3) is 5.46. The van der Waals surface area contributed by atoms with Gasteiger partial charge in [-0.25, -0.2) is 0 Å². The van der Waals surface area contributed by atoms with Crippen LogP contribution < -0.4 is 4.74 Å². The molecule has 118 valence electrons. The van der Waals surface area contributed by atoms with Crippen LogP contribution in [0.15, 0.2) is 24.3 Å². The van der Waals surface area contributed by atoms with Crippen molar-refractivity contribution in [1.29, 1.82) is 0 Å². The maximum absolute atomic E-state index is 6.39. The first-order valence-corrected chi connectivity index (χ1v) is 9.47. The molecule has 1 fully saturated rings. The molecule has 1 saturated carbocycles. The lowest BCUT2D eigenvalue weighted by Crippen LogP contribution is -2.37. The highest BCUT2D eigenvalue weighted by atomic mass is 127. The van der Waals surface area contributed by atoms with E-state index in [0.29, 0.717) is 3.42 Å². The van der Waals surface area contributed by atoms with Gasteiger partial charge in [0, 0.05) is 3.42 Å². The number of halogens is 1. The zero-order valence-electron chi connectivity index (χ0n) is 13.8. The van der Waals surface area contributed by atoms with E-state index in [2.05, 4.69) is 67.6 Å². The van der Waals surface area contributed by atoms with E-state index in [1.54, 1.807) is 0 Å². The molecule has 0 spiro atoms. The molecule has 1 aliphatic rings. The van der Waals surface area contributed by atoms with Crippen molar-refractivity contribution in [2.24, 2.45) is 0 Å². The second kappa shape index (κ2) is 7.34.